The van der Waals surface area contributed by atoms with Gasteiger partial charge in [-0.1, -0.05) is 65.3 Å². The Morgan fingerprint density at radius 3 is 2.04 bits per heavy atom. The Labute approximate surface area is 308 Å². The van der Waals surface area contributed by atoms with Crippen LogP contribution in [0.25, 0.3) is 0 Å². The summed E-state index contributed by atoms with van der Waals surface area (Å²) >= 11 is 3.46. The topological polar surface area (TPSA) is 124 Å². The smallest absolute Gasteiger partial charge is 0.265 e. The summed E-state index contributed by atoms with van der Waals surface area (Å²) in [5.41, 5.74) is 1.64. The molecule has 51 heavy (non-hydrogen) atoms. The minimum Gasteiger partial charge on any atom is -0.497 e. The summed E-state index contributed by atoms with van der Waals surface area (Å²) in [6, 6.07) is 24.5. The van der Waals surface area contributed by atoms with E-state index in [2.05, 4.69) is 21.2 Å². The zero-order valence-corrected chi connectivity index (χ0v) is 32.0. The molecule has 4 aromatic rings. The van der Waals surface area contributed by atoms with Crippen LogP contribution in [0.3, 0.4) is 0 Å². The molecule has 0 unspecified atom stereocenters. The van der Waals surface area contributed by atoms with Crippen LogP contribution in [0.4, 0.5) is 5.69 Å². The highest BCUT2D eigenvalue weighted by Gasteiger charge is 2.36. The van der Waals surface area contributed by atoms with E-state index in [-0.39, 0.29) is 47.0 Å². The molecule has 0 aromatic heterocycles. The molecule has 1 N–H and O–H groups in total. The summed E-state index contributed by atoms with van der Waals surface area (Å²) < 4.78 is 53.0. The average molecular weight is 783 g/mol. The Hall–Kier alpha value is -4.75. The first-order valence-electron chi connectivity index (χ1n) is 16.3. The molecule has 0 heterocycles. The second-order valence-corrected chi connectivity index (χ2v) is 14.5. The first-order valence-corrected chi connectivity index (χ1v) is 18.5. The third-order valence-corrected chi connectivity index (χ3v) is 10.7. The molecule has 4 aromatic carbocycles. The highest BCUT2D eigenvalue weighted by molar-refractivity contribution is 9.10. The average Bonchev–Trinajstić information content (AvgIpc) is 3.15. The predicted molar refractivity (Wildman–Crippen MR) is 200 cm³/mol. The fraction of sp³-hybridized carbons (Fsp3) is 0.316. The molecule has 272 valence electrons. The van der Waals surface area contributed by atoms with Gasteiger partial charge in [-0.3, -0.25) is 13.9 Å². The van der Waals surface area contributed by atoms with Crippen LogP contribution in [-0.4, -0.2) is 72.2 Å². The van der Waals surface area contributed by atoms with Crippen LogP contribution in [0.1, 0.15) is 31.4 Å². The van der Waals surface area contributed by atoms with Gasteiger partial charge in [-0.25, -0.2) is 8.42 Å². The van der Waals surface area contributed by atoms with Crippen LogP contribution in [0.2, 0.25) is 0 Å². The highest BCUT2D eigenvalue weighted by Crippen LogP contribution is 2.38. The number of sulfonamides is 1. The number of carbonyl (C=O) groups is 2. The molecular formula is C38H44BrN3O8S. The van der Waals surface area contributed by atoms with Crippen molar-refractivity contribution >= 4 is 43.5 Å². The third-order valence-electron chi connectivity index (χ3n) is 8.41. The third kappa shape index (κ3) is 9.73. The molecule has 0 saturated heterocycles. The Morgan fingerprint density at radius 1 is 0.784 bits per heavy atom. The molecule has 4 rings (SSSR count). The molecule has 0 spiro atoms. The van der Waals surface area contributed by atoms with Gasteiger partial charge in [0.25, 0.3) is 10.0 Å². The number of benzene rings is 4. The number of amides is 2. The lowest BCUT2D eigenvalue weighted by atomic mass is 10.0. The molecule has 13 heteroatoms. The van der Waals surface area contributed by atoms with Gasteiger partial charge in [-0.2, -0.15) is 0 Å². The van der Waals surface area contributed by atoms with Crippen molar-refractivity contribution in [1.29, 1.82) is 0 Å². The molecule has 0 aliphatic carbocycles. The Kier molecular flexibility index (Phi) is 13.7. The largest absolute Gasteiger partial charge is 0.497 e. The van der Waals surface area contributed by atoms with Gasteiger partial charge >= 0.3 is 0 Å². The van der Waals surface area contributed by atoms with E-state index in [4.69, 9.17) is 18.9 Å². The number of anilines is 1. The van der Waals surface area contributed by atoms with E-state index >= 15 is 0 Å². The lowest BCUT2D eigenvalue weighted by Gasteiger charge is -2.34. The number of halogens is 1. The first kappa shape index (κ1) is 39.0. The molecular weight excluding hydrogens is 738 g/mol. The number of methoxy groups -OCH3 is 4. The zero-order valence-electron chi connectivity index (χ0n) is 29.6. The lowest BCUT2D eigenvalue weighted by Crippen LogP contribution is -2.54. The Morgan fingerprint density at radius 2 is 1.43 bits per heavy atom. The molecule has 0 bridgehead atoms. The fourth-order valence-corrected chi connectivity index (χ4v) is 7.09. The fourth-order valence-electron chi connectivity index (χ4n) is 5.39. The van der Waals surface area contributed by atoms with Crippen molar-refractivity contribution in [3.8, 4) is 23.0 Å². The number of carbonyl (C=O) groups excluding carboxylic acids is 2. The number of ether oxygens (including phenoxy) is 4. The summed E-state index contributed by atoms with van der Waals surface area (Å²) in [7, 11) is 1.21. The molecule has 0 saturated carbocycles. The Balaban J connectivity index is 1.90. The van der Waals surface area contributed by atoms with Crippen molar-refractivity contribution < 1.29 is 37.0 Å². The molecule has 0 fully saturated rings. The number of hydrogen-bond donors (Lipinski definition) is 1. The van der Waals surface area contributed by atoms with Crippen molar-refractivity contribution in [3.63, 3.8) is 0 Å². The van der Waals surface area contributed by atoms with Crippen molar-refractivity contribution in [2.24, 2.45) is 0 Å². The summed E-state index contributed by atoms with van der Waals surface area (Å²) in [6.07, 6.45) is 0.869. The second kappa shape index (κ2) is 18.0. The number of rotatable bonds is 17. The maximum atomic E-state index is 14.9. The van der Waals surface area contributed by atoms with Gasteiger partial charge in [0.1, 0.15) is 24.1 Å². The predicted octanol–water partition coefficient (Wildman–Crippen LogP) is 6.23. The lowest BCUT2D eigenvalue weighted by molar-refractivity contribution is -0.140. The van der Waals surface area contributed by atoms with Crippen molar-refractivity contribution in [2.45, 2.75) is 50.2 Å². The van der Waals surface area contributed by atoms with Gasteiger partial charge < -0.3 is 29.2 Å². The van der Waals surface area contributed by atoms with E-state index in [1.54, 1.807) is 12.1 Å². The zero-order chi connectivity index (χ0) is 37.1. The number of nitrogens with zero attached hydrogens (tertiary/aromatic N) is 2. The van der Waals surface area contributed by atoms with Crippen LogP contribution in [0.15, 0.2) is 100 Å². The standard InChI is InChI=1S/C38H44BrN3O8S/c1-7-26(2)40-38(44)33(21-27-11-9-8-10-12-27)41(24-28-13-15-29(39)16-14-28)37(43)25-42(32-22-30(47-3)17-19-34(32)48-4)51(45,46)31-18-20-35(49-5)36(23-31)50-6/h8-20,22-23,26,33H,7,21,24-25H2,1-6H3,(H,40,44)/t26-,33+/m0/s1. The van der Waals surface area contributed by atoms with Gasteiger partial charge in [0, 0.05) is 35.6 Å². The molecule has 0 aliphatic rings. The van der Waals surface area contributed by atoms with Crippen molar-refractivity contribution in [3.05, 3.63) is 107 Å². The van der Waals surface area contributed by atoms with Crippen molar-refractivity contribution in [2.75, 3.05) is 39.3 Å². The molecule has 2 atom stereocenters. The summed E-state index contributed by atoms with van der Waals surface area (Å²) in [4.78, 5) is 30.2. The van der Waals surface area contributed by atoms with E-state index in [0.29, 0.717) is 17.9 Å². The van der Waals surface area contributed by atoms with Crippen LogP contribution >= 0.6 is 15.9 Å². The van der Waals surface area contributed by atoms with Gasteiger partial charge in [-0.05, 0) is 60.9 Å². The summed E-state index contributed by atoms with van der Waals surface area (Å²) in [6.45, 7) is 3.20. The van der Waals surface area contributed by atoms with Crippen LogP contribution in [0, 0.1) is 0 Å². The summed E-state index contributed by atoms with van der Waals surface area (Å²) in [5.74, 6) is 0.0626. The first-order chi connectivity index (χ1) is 24.4. The van der Waals surface area contributed by atoms with Gasteiger partial charge in [0.05, 0.1) is 39.0 Å². The van der Waals surface area contributed by atoms with Crippen molar-refractivity contribution in [1.82, 2.24) is 10.2 Å². The van der Waals surface area contributed by atoms with E-state index < -0.39 is 28.5 Å². The van der Waals surface area contributed by atoms with E-state index in [0.717, 1.165) is 19.9 Å². The number of hydrogen-bond acceptors (Lipinski definition) is 8. The monoisotopic (exact) mass is 781 g/mol. The molecule has 0 aliphatic heterocycles. The van der Waals surface area contributed by atoms with Gasteiger partial charge in [-0.15, -0.1) is 0 Å². The van der Waals surface area contributed by atoms with E-state index in [1.807, 2.05) is 68.4 Å². The van der Waals surface area contributed by atoms with Crippen LogP contribution < -0.4 is 28.6 Å². The van der Waals surface area contributed by atoms with Crippen LogP contribution in [0.5, 0.6) is 23.0 Å². The van der Waals surface area contributed by atoms with E-state index in [9.17, 15) is 18.0 Å². The maximum Gasteiger partial charge on any atom is 0.265 e. The second-order valence-electron chi connectivity index (χ2n) is 11.7. The SMILES string of the molecule is CC[C@H](C)NC(=O)[C@@H](Cc1ccccc1)N(Cc1ccc(Br)cc1)C(=O)CN(c1cc(OC)ccc1OC)S(=O)(=O)c1ccc(OC)c(OC)c1. The molecule has 11 nitrogen and oxygen atoms in total. The van der Waals surface area contributed by atoms with E-state index in [1.165, 1.54) is 57.6 Å². The highest BCUT2D eigenvalue weighted by atomic mass is 79.9. The normalized spacial score (nSPS) is 12.3. The van der Waals surface area contributed by atoms with Gasteiger partial charge in [0.15, 0.2) is 11.5 Å². The van der Waals surface area contributed by atoms with Gasteiger partial charge in [0.2, 0.25) is 11.8 Å². The minimum atomic E-state index is -4.50. The maximum absolute atomic E-state index is 14.9. The van der Waals surface area contributed by atoms with Crippen LogP contribution in [-0.2, 0) is 32.6 Å². The molecule has 0 radical (unpaired) electrons. The summed E-state index contributed by atoms with van der Waals surface area (Å²) in [5, 5.41) is 3.04. The Bertz CT molecular complexity index is 1890. The minimum absolute atomic E-state index is 0.0248. The molecule has 2 amide bonds. The number of nitrogens with one attached hydrogen (secondary N) is 1. The quantitative estimate of drug-likeness (QED) is 0.134.